The van der Waals surface area contributed by atoms with Gasteiger partial charge in [0.1, 0.15) is 12.1 Å². The summed E-state index contributed by atoms with van der Waals surface area (Å²) >= 11 is 0. The molecule has 0 aliphatic rings. The zero-order valence-electron chi connectivity index (χ0n) is 15.9. The van der Waals surface area contributed by atoms with E-state index in [-0.39, 0.29) is 12.3 Å². The number of aliphatic carboxylic acids is 2. The molecule has 1 amide bonds. The SMILES string of the molecule is CC(=O)N[C@@H](Cc1c[nH]c2ccccc12)C(=O)O.NCCCC[C@H](N)C(=O)O. The molecule has 0 aliphatic carbocycles. The fourth-order valence-corrected chi connectivity index (χ4v) is 2.60. The van der Waals surface area contributed by atoms with Crippen molar-refractivity contribution in [2.45, 2.75) is 44.7 Å². The lowest BCUT2D eigenvalue weighted by Gasteiger charge is -2.12. The molecule has 28 heavy (non-hydrogen) atoms. The van der Waals surface area contributed by atoms with Crippen LogP contribution in [0.5, 0.6) is 0 Å². The minimum absolute atomic E-state index is 0.263. The Labute approximate surface area is 163 Å². The number of hydrogen-bond acceptors (Lipinski definition) is 5. The zero-order chi connectivity index (χ0) is 21.1. The second-order valence-electron chi connectivity index (χ2n) is 6.38. The van der Waals surface area contributed by atoms with Crippen LogP contribution in [-0.4, -0.2) is 51.7 Å². The standard InChI is InChI=1S/C13H14N2O3.C6H14N2O2/c1-8(16)15-12(13(17)18)6-9-7-14-11-5-3-2-4-10(9)11;7-4-2-1-3-5(8)6(9)10/h2-5,7,12,14H,6H2,1H3,(H,15,16)(H,17,18);5H,1-4,7-8H2,(H,9,10)/t12-;5-/m00/s1. The zero-order valence-corrected chi connectivity index (χ0v) is 15.9. The molecule has 0 saturated carbocycles. The number of unbranched alkanes of at least 4 members (excludes halogenated alkanes) is 1. The van der Waals surface area contributed by atoms with E-state index < -0.39 is 24.0 Å². The summed E-state index contributed by atoms with van der Waals surface area (Å²) in [5.74, 6) is -2.31. The van der Waals surface area contributed by atoms with Crippen LogP contribution in [0.3, 0.4) is 0 Å². The third kappa shape index (κ3) is 7.77. The molecule has 0 aliphatic heterocycles. The molecule has 0 unspecified atom stereocenters. The first-order valence-electron chi connectivity index (χ1n) is 8.99. The van der Waals surface area contributed by atoms with Gasteiger partial charge in [-0.25, -0.2) is 4.79 Å². The van der Waals surface area contributed by atoms with Crippen LogP contribution in [-0.2, 0) is 20.8 Å². The van der Waals surface area contributed by atoms with Gasteiger partial charge < -0.3 is 32.0 Å². The molecular weight excluding hydrogens is 364 g/mol. The largest absolute Gasteiger partial charge is 0.480 e. The van der Waals surface area contributed by atoms with E-state index in [9.17, 15) is 14.4 Å². The van der Waals surface area contributed by atoms with Crippen molar-refractivity contribution in [2.75, 3.05) is 6.54 Å². The number of H-pyrrole nitrogens is 1. The number of fused-ring (bicyclic) bond motifs is 1. The number of aromatic amines is 1. The highest BCUT2D eigenvalue weighted by molar-refractivity contribution is 5.86. The quantitative estimate of drug-likeness (QED) is 0.343. The van der Waals surface area contributed by atoms with Crippen LogP contribution in [0.25, 0.3) is 10.9 Å². The predicted octanol–water partition coefficient (Wildman–Crippen LogP) is 0.827. The summed E-state index contributed by atoms with van der Waals surface area (Å²) in [5, 5.41) is 20.8. The van der Waals surface area contributed by atoms with Gasteiger partial charge >= 0.3 is 11.9 Å². The highest BCUT2D eigenvalue weighted by atomic mass is 16.4. The summed E-state index contributed by atoms with van der Waals surface area (Å²) in [6, 6.07) is 6.04. The van der Waals surface area contributed by atoms with Crippen molar-refractivity contribution in [1.29, 1.82) is 0 Å². The number of nitrogens with one attached hydrogen (secondary N) is 2. The van der Waals surface area contributed by atoms with Gasteiger partial charge in [-0.15, -0.1) is 0 Å². The monoisotopic (exact) mass is 392 g/mol. The van der Waals surface area contributed by atoms with Crippen molar-refractivity contribution in [2.24, 2.45) is 11.5 Å². The molecule has 1 aromatic carbocycles. The highest BCUT2D eigenvalue weighted by Crippen LogP contribution is 2.19. The smallest absolute Gasteiger partial charge is 0.326 e. The van der Waals surface area contributed by atoms with Crippen molar-refractivity contribution in [3.63, 3.8) is 0 Å². The Morgan fingerprint density at radius 1 is 1.14 bits per heavy atom. The maximum atomic E-state index is 11.1. The van der Waals surface area contributed by atoms with Gasteiger partial charge in [-0.1, -0.05) is 24.6 Å². The summed E-state index contributed by atoms with van der Waals surface area (Å²) in [4.78, 5) is 35.3. The number of carbonyl (C=O) groups excluding carboxylic acids is 1. The summed E-state index contributed by atoms with van der Waals surface area (Å²) in [6.07, 6.45) is 4.21. The minimum Gasteiger partial charge on any atom is -0.480 e. The topological polar surface area (TPSA) is 172 Å². The van der Waals surface area contributed by atoms with Crippen LogP contribution in [0.1, 0.15) is 31.7 Å². The van der Waals surface area contributed by atoms with Crippen molar-refractivity contribution in [1.82, 2.24) is 10.3 Å². The molecule has 0 spiro atoms. The molecule has 2 rings (SSSR count). The van der Waals surface area contributed by atoms with E-state index in [1.807, 2.05) is 24.3 Å². The van der Waals surface area contributed by atoms with E-state index in [1.54, 1.807) is 6.20 Å². The Bertz CT molecular complexity index is 789. The Kier molecular flexibility index (Phi) is 9.69. The molecule has 0 bridgehead atoms. The Hall–Kier alpha value is -2.91. The number of amides is 1. The summed E-state index contributed by atoms with van der Waals surface area (Å²) < 4.78 is 0. The number of rotatable bonds is 9. The highest BCUT2D eigenvalue weighted by Gasteiger charge is 2.20. The molecule has 2 atom stereocenters. The van der Waals surface area contributed by atoms with Crippen molar-refractivity contribution in [3.8, 4) is 0 Å². The predicted molar refractivity (Wildman–Crippen MR) is 106 cm³/mol. The number of benzene rings is 1. The molecule has 9 heteroatoms. The fourth-order valence-electron chi connectivity index (χ4n) is 2.60. The lowest BCUT2D eigenvalue weighted by Crippen LogP contribution is -2.41. The molecule has 8 N–H and O–H groups in total. The normalized spacial score (nSPS) is 12.5. The number of aromatic nitrogens is 1. The molecule has 154 valence electrons. The first-order valence-corrected chi connectivity index (χ1v) is 8.99. The number of carboxylic acids is 2. The van der Waals surface area contributed by atoms with Crippen molar-refractivity contribution in [3.05, 3.63) is 36.0 Å². The third-order valence-corrected chi connectivity index (χ3v) is 4.06. The Balaban J connectivity index is 0.000000336. The molecule has 0 fully saturated rings. The van der Waals surface area contributed by atoms with Crippen molar-refractivity contribution >= 4 is 28.7 Å². The van der Waals surface area contributed by atoms with Crippen molar-refractivity contribution < 1.29 is 24.6 Å². The van der Waals surface area contributed by atoms with Gasteiger partial charge in [-0.05, 0) is 31.0 Å². The summed E-state index contributed by atoms with van der Waals surface area (Å²) in [5.41, 5.74) is 12.3. The number of nitrogens with two attached hydrogens (primary N) is 2. The Morgan fingerprint density at radius 2 is 1.82 bits per heavy atom. The van der Waals surface area contributed by atoms with Crippen LogP contribution < -0.4 is 16.8 Å². The second kappa shape index (κ2) is 11.7. The molecule has 2 aromatic rings. The summed E-state index contributed by atoms with van der Waals surface area (Å²) in [7, 11) is 0. The maximum absolute atomic E-state index is 11.1. The van der Waals surface area contributed by atoms with Gasteiger partial charge in [0.15, 0.2) is 0 Å². The average molecular weight is 392 g/mol. The van der Waals surface area contributed by atoms with E-state index in [2.05, 4.69) is 10.3 Å². The average Bonchev–Trinajstić information content (AvgIpc) is 3.04. The van der Waals surface area contributed by atoms with Crippen LogP contribution in [0.15, 0.2) is 30.5 Å². The van der Waals surface area contributed by atoms with Gasteiger partial charge in [0, 0.05) is 30.4 Å². The number of hydrogen-bond donors (Lipinski definition) is 6. The van der Waals surface area contributed by atoms with Crippen LogP contribution in [0, 0.1) is 0 Å². The number of carboxylic acid groups (broad SMARTS) is 2. The van der Waals surface area contributed by atoms with Crippen LogP contribution in [0.4, 0.5) is 0 Å². The lowest BCUT2D eigenvalue weighted by molar-refractivity contribution is -0.141. The van der Waals surface area contributed by atoms with Crippen LogP contribution >= 0.6 is 0 Å². The lowest BCUT2D eigenvalue weighted by atomic mass is 10.1. The second-order valence-corrected chi connectivity index (χ2v) is 6.38. The molecule has 9 nitrogen and oxygen atoms in total. The van der Waals surface area contributed by atoms with Gasteiger partial charge in [-0.3, -0.25) is 9.59 Å². The third-order valence-electron chi connectivity index (χ3n) is 4.06. The maximum Gasteiger partial charge on any atom is 0.326 e. The first kappa shape index (κ1) is 23.1. The van der Waals surface area contributed by atoms with E-state index >= 15 is 0 Å². The number of para-hydroxylation sites is 1. The summed E-state index contributed by atoms with van der Waals surface area (Å²) in [6.45, 7) is 1.91. The molecular formula is C19H28N4O5. The molecule has 1 heterocycles. The van der Waals surface area contributed by atoms with E-state index in [0.29, 0.717) is 13.0 Å². The molecule has 0 radical (unpaired) electrons. The van der Waals surface area contributed by atoms with E-state index in [4.69, 9.17) is 21.7 Å². The van der Waals surface area contributed by atoms with E-state index in [0.717, 1.165) is 29.3 Å². The van der Waals surface area contributed by atoms with E-state index in [1.165, 1.54) is 6.92 Å². The number of carbonyl (C=O) groups is 3. The molecule has 1 aromatic heterocycles. The minimum atomic E-state index is -1.03. The van der Waals surface area contributed by atoms with Gasteiger partial charge in [0.05, 0.1) is 0 Å². The van der Waals surface area contributed by atoms with Crippen LogP contribution in [0.2, 0.25) is 0 Å². The molecule has 0 saturated heterocycles. The first-order chi connectivity index (χ1) is 13.3. The van der Waals surface area contributed by atoms with Gasteiger partial charge in [-0.2, -0.15) is 0 Å². The van der Waals surface area contributed by atoms with Gasteiger partial charge in [0.2, 0.25) is 5.91 Å². The Morgan fingerprint density at radius 3 is 2.39 bits per heavy atom. The fraction of sp³-hybridized carbons (Fsp3) is 0.421. The van der Waals surface area contributed by atoms with Gasteiger partial charge in [0.25, 0.3) is 0 Å².